The zero-order valence-electron chi connectivity index (χ0n) is 16.5. The molecule has 0 radical (unpaired) electrons. The minimum Gasteiger partial charge on any atom is -0.496 e. The van der Waals surface area contributed by atoms with Gasteiger partial charge in [-0.2, -0.15) is 5.10 Å². The molecule has 0 unspecified atom stereocenters. The molecule has 0 bridgehead atoms. The van der Waals surface area contributed by atoms with Crippen LogP contribution >= 0.6 is 11.6 Å². The molecule has 5 nitrogen and oxygen atoms in total. The predicted octanol–water partition coefficient (Wildman–Crippen LogP) is 5.44. The Kier molecular flexibility index (Phi) is 5.55. The summed E-state index contributed by atoms with van der Waals surface area (Å²) in [7, 11) is 3.15. The Labute approximate surface area is 179 Å². The van der Waals surface area contributed by atoms with Gasteiger partial charge in [-0.3, -0.25) is 4.79 Å². The number of halogens is 1. The van der Waals surface area contributed by atoms with Crippen molar-refractivity contribution in [1.82, 2.24) is 9.78 Å². The first-order chi connectivity index (χ1) is 14.6. The van der Waals surface area contributed by atoms with Crippen molar-refractivity contribution in [2.75, 3.05) is 14.2 Å². The number of methoxy groups -OCH3 is 2. The second-order valence-corrected chi connectivity index (χ2v) is 6.96. The van der Waals surface area contributed by atoms with Gasteiger partial charge in [-0.1, -0.05) is 35.9 Å². The summed E-state index contributed by atoms with van der Waals surface area (Å²) in [4.78, 5) is 13.5. The van der Waals surface area contributed by atoms with E-state index < -0.39 is 0 Å². The number of benzene rings is 3. The van der Waals surface area contributed by atoms with Crippen molar-refractivity contribution in [1.29, 1.82) is 0 Å². The molecule has 0 aliphatic carbocycles. The van der Waals surface area contributed by atoms with Gasteiger partial charge in [-0.15, -0.1) is 0 Å². The van der Waals surface area contributed by atoms with Crippen LogP contribution in [0.25, 0.3) is 16.9 Å². The molecule has 0 atom stereocenters. The summed E-state index contributed by atoms with van der Waals surface area (Å²) in [6.07, 6.45) is 1.57. The summed E-state index contributed by atoms with van der Waals surface area (Å²) in [5, 5.41) is 5.15. The highest BCUT2D eigenvalue weighted by molar-refractivity contribution is 6.30. The van der Waals surface area contributed by atoms with Gasteiger partial charge in [0.25, 0.3) is 0 Å². The van der Waals surface area contributed by atoms with Crippen LogP contribution in [0.1, 0.15) is 15.9 Å². The Morgan fingerprint density at radius 3 is 2.17 bits per heavy atom. The average molecular weight is 419 g/mol. The second kappa shape index (κ2) is 8.43. The Bertz CT molecular complexity index is 1200. The van der Waals surface area contributed by atoms with E-state index in [-0.39, 0.29) is 5.78 Å². The monoisotopic (exact) mass is 418 g/mol. The lowest BCUT2D eigenvalue weighted by Gasteiger charge is -2.14. The lowest BCUT2D eigenvalue weighted by Crippen LogP contribution is -2.07. The maximum absolute atomic E-state index is 13.5. The molecule has 0 amide bonds. The van der Waals surface area contributed by atoms with Gasteiger partial charge in [0, 0.05) is 10.6 Å². The van der Waals surface area contributed by atoms with Crippen molar-refractivity contribution in [2.24, 2.45) is 0 Å². The van der Waals surface area contributed by atoms with E-state index in [4.69, 9.17) is 21.1 Å². The summed E-state index contributed by atoms with van der Waals surface area (Å²) in [5.41, 5.74) is 3.07. The fraction of sp³-hybridized carbons (Fsp3) is 0.0833. The van der Waals surface area contributed by atoms with Crippen molar-refractivity contribution in [3.05, 3.63) is 95.1 Å². The second-order valence-electron chi connectivity index (χ2n) is 6.52. The summed E-state index contributed by atoms with van der Waals surface area (Å²) >= 11 is 6.06. The number of para-hydroxylation sites is 2. The summed E-state index contributed by atoms with van der Waals surface area (Å²) in [6.45, 7) is 0. The van der Waals surface area contributed by atoms with Gasteiger partial charge in [0.15, 0.2) is 0 Å². The van der Waals surface area contributed by atoms with E-state index in [9.17, 15) is 4.79 Å². The Hall–Kier alpha value is -3.57. The number of hydrogen-bond donors (Lipinski definition) is 0. The SMILES string of the molecule is COc1ccccc1C(=O)c1cnn(-c2ccc(Cl)cc2)c1-c1ccccc1OC. The number of carbonyl (C=O) groups excluding carboxylic acids is 1. The molecule has 4 rings (SSSR count). The van der Waals surface area contributed by atoms with Gasteiger partial charge < -0.3 is 9.47 Å². The summed E-state index contributed by atoms with van der Waals surface area (Å²) in [6, 6.07) is 22.0. The molecule has 1 aromatic heterocycles. The zero-order chi connectivity index (χ0) is 21.1. The van der Waals surface area contributed by atoms with E-state index in [2.05, 4.69) is 5.10 Å². The summed E-state index contributed by atoms with van der Waals surface area (Å²) in [5.74, 6) is 0.962. The molecule has 0 aliphatic rings. The molecular formula is C24H19ClN2O3. The minimum absolute atomic E-state index is 0.187. The van der Waals surface area contributed by atoms with Crippen LogP contribution in [0.2, 0.25) is 5.02 Å². The molecule has 3 aromatic carbocycles. The molecule has 0 saturated carbocycles. The standard InChI is InChI=1S/C24H19ClN2O3/c1-29-21-9-5-3-7-18(21)23-20(24(28)19-8-4-6-10-22(19)30-2)15-26-27(23)17-13-11-16(25)12-14-17/h3-15H,1-2H3. The third-order valence-electron chi connectivity index (χ3n) is 4.80. The van der Waals surface area contributed by atoms with Crippen molar-refractivity contribution >= 4 is 17.4 Å². The van der Waals surface area contributed by atoms with Crippen LogP contribution in [0.3, 0.4) is 0 Å². The smallest absolute Gasteiger partial charge is 0.200 e. The number of ketones is 1. The molecule has 0 saturated heterocycles. The van der Waals surface area contributed by atoms with Gasteiger partial charge in [0.05, 0.1) is 42.9 Å². The molecule has 0 aliphatic heterocycles. The van der Waals surface area contributed by atoms with E-state index in [1.165, 1.54) is 0 Å². The van der Waals surface area contributed by atoms with E-state index in [1.807, 2.05) is 48.5 Å². The van der Waals surface area contributed by atoms with Gasteiger partial charge >= 0.3 is 0 Å². The van der Waals surface area contributed by atoms with Gasteiger partial charge in [-0.05, 0) is 48.5 Å². The fourth-order valence-electron chi connectivity index (χ4n) is 3.37. The third kappa shape index (κ3) is 3.55. The zero-order valence-corrected chi connectivity index (χ0v) is 17.3. The first-order valence-corrected chi connectivity index (χ1v) is 9.67. The first kappa shape index (κ1) is 19.7. The van der Waals surface area contributed by atoms with Crippen LogP contribution in [-0.2, 0) is 0 Å². The van der Waals surface area contributed by atoms with Crippen LogP contribution in [-0.4, -0.2) is 29.8 Å². The molecule has 150 valence electrons. The highest BCUT2D eigenvalue weighted by Gasteiger charge is 2.25. The molecular weight excluding hydrogens is 400 g/mol. The normalized spacial score (nSPS) is 10.6. The maximum Gasteiger partial charge on any atom is 0.200 e. The molecule has 30 heavy (non-hydrogen) atoms. The molecule has 0 fully saturated rings. The lowest BCUT2D eigenvalue weighted by molar-refractivity contribution is 0.103. The van der Waals surface area contributed by atoms with Crippen molar-refractivity contribution in [2.45, 2.75) is 0 Å². The number of carbonyl (C=O) groups is 1. The highest BCUT2D eigenvalue weighted by atomic mass is 35.5. The molecule has 0 spiro atoms. The van der Waals surface area contributed by atoms with Gasteiger partial charge in [0.2, 0.25) is 5.78 Å². The number of rotatable bonds is 6. The highest BCUT2D eigenvalue weighted by Crippen LogP contribution is 2.36. The Morgan fingerprint density at radius 2 is 1.47 bits per heavy atom. The van der Waals surface area contributed by atoms with Crippen LogP contribution in [0, 0.1) is 0 Å². The average Bonchev–Trinajstić information content (AvgIpc) is 3.23. The first-order valence-electron chi connectivity index (χ1n) is 9.29. The predicted molar refractivity (Wildman–Crippen MR) is 117 cm³/mol. The van der Waals surface area contributed by atoms with E-state index in [0.29, 0.717) is 33.3 Å². The van der Waals surface area contributed by atoms with Gasteiger partial charge in [0.1, 0.15) is 11.5 Å². The summed E-state index contributed by atoms with van der Waals surface area (Å²) < 4.78 is 12.7. The largest absolute Gasteiger partial charge is 0.496 e. The molecule has 0 N–H and O–H groups in total. The van der Waals surface area contributed by atoms with Crippen LogP contribution in [0.15, 0.2) is 79.0 Å². The lowest BCUT2D eigenvalue weighted by atomic mass is 9.98. The van der Waals surface area contributed by atoms with E-state index in [0.717, 1.165) is 11.3 Å². The van der Waals surface area contributed by atoms with Gasteiger partial charge in [-0.25, -0.2) is 4.68 Å². The number of hydrogen-bond acceptors (Lipinski definition) is 4. The molecule has 6 heteroatoms. The quantitative estimate of drug-likeness (QED) is 0.391. The van der Waals surface area contributed by atoms with Crippen LogP contribution in [0.4, 0.5) is 0 Å². The number of ether oxygens (including phenoxy) is 2. The van der Waals surface area contributed by atoms with Crippen LogP contribution in [0.5, 0.6) is 11.5 Å². The topological polar surface area (TPSA) is 53.3 Å². The Balaban J connectivity index is 1.96. The molecule has 1 heterocycles. The molecule has 4 aromatic rings. The fourth-order valence-corrected chi connectivity index (χ4v) is 3.50. The number of aromatic nitrogens is 2. The van der Waals surface area contributed by atoms with Crippen molar-refractivity contribution in [3.63, 3.8) is 0 Å². The van der Waals surface area contributed by atoms with Crippen LogP contribution < -0.4 is 9.47 Å². The van der Waals surface area contributed by atoms with E-state index in [1.54, 1.807) is 49.4 Å². The number of nitrogens with zero attached hydrogens (tertiary/aromatic N) is 2. The maximum atomic E-state index is 13.5. The van der Waals surface area contributed by atoms with E-state index >= 15 is 0 Å². The Morgan fingerprint density at radius 1 is 0.833 bits per heavy atom. The van der Waals surface area contributed by atoms with Crippen molar-refractivity contribution < 1.29 is 14.3 Å². The minimum atomic E-state index is -0.187. The third-order valence-corrected chi connectivity index (χ3v) is 5.05. The van der Waals surface area contributed by atoms with Crippen molar-refractivity contribution in [3.8, 4) is 28.4 Å².